The van der Waals surface area contributed by atoms with Crippen molar-refractivity contribution in [3.05, 3.63) is 25.3 Å². The molecule has 1 saturated carbocycles. The van der Waals surface area contributed by atoms with E-state index in [9.17, 15) is 19.2 Å². The van der Waals surface area contributed by atoms with Gasteiger partial charge in [0, 0.05) is 12.2 Å². The van der Waals surface area contributed by atoms with Crippen LogP contribution in [0.25, 0.3) is 0 Å². The molecule has 0 spiro atoms. The van der Waals surface area contributed by atoms with Crippen LogP contribution in [0.15, 0.2) is 25.3 Å². The number of nitrogens with zero attached hydrogens (tertiary/aromatic N) is 2. The van der Waals surface area contributed by atoms with Crippen LogP contribution >= 0.6 is 0 Å². The summed E-state index contributed by atoms with van der Waals surface area (Å²) in [5, 5.41) is 0. The molecule has 2 saturated heterocycles. The Morgan fingerprint density at radius 2 is 1.07 bits per heavy atom. The number of carbonyl (C=O) groups is 4. The van der Waals surface area contributed by atoms with Gasteiger partial charge >= 0.3 is 24.1 Å². The number of rotatable bonds is 8. The van der Waals surface area contributed by atoms with Crippen LogP contribution in [-0.2, 0) is 28.5 Å². The summed E-state index contributed by atoms with van der Waals surface area (Å²) in [6.45, 7) is 6.37. The maximum Gasteiger partial charge on any atom is 0.410 e. The highest BCUT2D eigenvalue weighted by Gasteiger charge is 2.71. The second-order valence-corrected chi connectivity index (χ2v) is 6.48. The number of fused-ring (bicyclic) bond motifs is 3. The lowest BCUT2D eigenvalue weighted by Crippen LogP contribution is -2.24. The molecule has 10 nitrogen and oxygen atoms in total. The molecule has 2 aliphatic heterocycles. The van der Waals surface area contributed by atoms with Crippen molar-refractivity contribution in [2.75, 3.05) is 26.4 Å². The van der Waals surface area contributed by atoms with Gasteiger partial charge in [-0.2, -0.15) is 0 Å². The minimum Gasteiger partial charge on any atom is -0.459 e. The van der Waals surface area contributed by atoms with Gasteiger partial charge in [-0.1, -0.05) is 13.2 Å². The van der Waals surface area contributed by atoms with Crippen LogP contribution in [0.5, 0.6) is 0 Å². The molecule has 4 unspecified atom stereocenters. The van der Waals surface area contributed by atoms with Crippen molar-refractivity contribution < 1.29 is 38.1 Å². The van der Waals surface area contributed by atoms with Crippen LogP contribution in [0.1, 0.15) is 12.8 Å². The van der Waals surface area contributed by atoms with E-state index in [2.05, 4.69) is 13.2 Å². The molecule has 4 atom stereocenters. The fraction of sp³-hybridized carbons (Fsp3) is 0.556. The first kappa shape index (κ1) is 19.7. The molecule has 0 radical (unpaired) electrons. The molecule has 28 heavy (non-hydrogen) atoms. The molecular formula is C18H22N2O8. The van der Waals surface area contributed by atoms with Gasteiger partial charge in [-0.25, -0.2) is 19.2 Å². The van der Waals surface area contributed by atoms with E-state index in [0.29, 0.717) is 0 Å². The first-order valence-corrected chi connectivity index (χ1v) is 8.98. The summed E-state index contributed by atoms with van der Waals surface area (Å²) in [4.78, 5) is 49.4. The highest BCUT2D eigenvalue weighted by Crippen LogP contribution is 2.52. The third-order valence-corrected chi connectivity index (χ3v) is 4.94. The lowest BCUT2D eigenvalue weighted by Gasteiger charge is -2.09. The van der Waals surface area contributed by atoms with E-state index < -0.39 is 24.1 Å². The van der Waals surface area contributed by atoms with Crippen LogP contribution < -0.4 is 0 Å². The van der Waals surface area contributed by atoms with Crippen molar-refractivity contribution in [2.45, 2.75) is 37.0 Å². The fourth-order valence-corrected chi connectivity index (χ4v) is 3.67. The van der Waals surface area contributed by atoms with Crippen molar-refractivity contribution in [1.82, 2.24) is 9.80 Å². The minimum atomic E-state index is -0.578. The minimum absolute atomic E-state index is 0.0410. The van der Waals surface area contributed by atoms with E-state index in [1.165, 1.54) is 0 Å². The van der Waals surface area contributed by atoms with E-state index in [-0.39, 0.29) is 50.6 Å². The highest BCUT2D eigenvalue weighted by atomic mass is 16.6. The first-order chi connectivity index (χ1) is 13.5. The maximum absolute atomic E-state index is 12.2. The van der Waals surface area contributed by atoms with Gasteiger partial charge in [0.2, 0.25) is 0 Å². The Bertz CT molecular complexity index is 635. The van der Waals surface area contributed by atoms with Crippen LogP contribution in [0.3, 0.4) is 0 Å². The normalized spacial score (nSPS) is 26.1. The monoisotopic (exact) mass is 394 g/mol. The Hall–Kier alpha value is -3.04. The van der Waals surface area contributed by atoms with E-state index in [4.69, 9.17) is 18.9 Å². The summed E-state index contributed by atoms with van der Waals surface area (Å²) >= 11 is 0. The van der Waals surface area contributed by atoms with Gasteiger partial charge in [-0.15, -0.1) is 0 Å². The van der Waals surface area contributed by atoms with Crippen molar-refractivity contribution in [3.8, 4) is 0 Å². The average Bonchev–Trinajstić information content (AvgIpc) is 3.58. The van der Waals surface area contributed by atoms with Gasteiger partial charge in [-0.3, -0.25) is 9.80 Å². The second-order valence-electron chi connectivity index (χ2n) is 6.48. The Balaban J connectivity index is 1.39. The number of hydrogen-bond donors (Lipinski definition) is 0. The number of esters is 2. The molecule has 0 aromatic carbocycles. The van der Waals surface area contributed by atoms with Gasteiger partial charge < -0.3 is 18.9 Å². The van der Waals surface area contributed by atoms with Crippen LogP contribution in [0.2, 0.25) is 0 Å². The summed E-state index contributed by atoms with van der Waals surface area (Å²) in [6, 6.07) is -0.0483. The summed E-state index contributed by atoms with van der Waals surface area (Å²) in [5.41, 5.74) is 0. The fourth-order valence-electron chi connectivity index (χ4n) is 3.67. The van der Waals surface area contributed by atoms with Gasteiger partial charge in [0.05, 0.1) is 24.2 Å². The zero-order valence-electron chi connectivity index (χ0n) is 15.3. The second kappa shape index (κ2) is 8.32. The van der Waals surface area contributed by atoms with E-state index in [1.54, 1.807) is 9.80 Å². The third-order valence-electron chi connectivity index (χ3n) is 4.94. The van der Waals surface area contributed by atoms with Crippen molar-refractivity contribution in [3.63, 3.8) is 0 Å². The Morgan fingerprint density at radius 1 is 0.714 bits per heavy atom. The number of hydrogen-bond acceptors (Lipinski definition) is 8. The third kappa shape index (κ3) is 4.10. The molecule has 0 aromatic heterocycles. The quantitative estimate of drug-likeness (QED) is 0.194. The molecule has 3 aliphatic rings. The molecule has 3 fully saturated rings. The molecule has 2 amide bonds. The first-order valence-electron chi connectivity index (χ1n) is 8.98. The maximum atomic E-state index is 12.2. The summed E-state index contributed by atoms with van der Waals surface area (Å²) in [7, 11) is 0. The van der Waals surface area contributed by atoms with Crippen molar-refractivity contribution in [1.29, 1.82) is 0 Å². The van der Waals surface area contributed by atoms with Crippen molar-refractivity contribution in [2.24, 2.45) is 0 Å². The van der Waals surface area contributed by atoms with Crippen LogP contribution in [0.4, 0.5) is 9.59 Å². The van der Waals surface area contributed by atoms with Gasteiger partial charge in [-0.05, 0) is 12.8 Å². The zero-order chi connectivity index (χ0) is 20.3. The molecular weight excluding hydrogens is 372 g/mol. The number of carbonyl (C=O) groups excluding carboxylic acids is 4. The average molecular weight is 394 g/mol. The SMILES string of the molecule is C=CC(=O)OCCOC(=O)N1C2CCC3C(C21)N3C(=O)OCCOC(=O)C=C. The molecule has 152 valence electrons. The van der Waals surface area contributed by atoms with E-state index in [1.807, 2.05) is 0 Å². The van der Waals surface area contributed by atoms with E-state index >= 15 is 0 Å². The molecule has 2 heterocycles. The van der Waals surface area contributed by atoms with Gasteiger partial charge in [0.15, 0.2) is 0 Å². The predicted molar refractivity (Wildman–Crippen MR) is 93.1 cm³/mol. The number of amides is 2. The standard InChI is InChI=1S/C18H22N2O8/c1-3-13(21)25-7-9-27-17(23)19-11-5-6-12-16(15(11)19)20(12)18(24)28-10-8-26-14(22)4-2/h3-4,11-12,15-16H,1-2,5-10H2. The Morgan fingerprint density at radius 3 is 1.43 bits per heavy atom. The zero-order valence-corrected chi connectivity index (χ0v) is 15.3. The number of likely N-dealkylation sites (tertiary alicyclic amines) is 2. The molecule has 0 aromatic rings. The molecule has 10 heteroatoms. The Labute approximate surface area is 161 Å². The summed E-state index contributed by atoms with van der Waals surface area (Å²) in [5.74, 6) is -1.16. The highest BCUT2D eigenvalue weighted by molar-refractivity contribution is 5.81. The largest absolute Gasteiger partial charge is 0.459 e. The lowest BCUT2D eigenvalue weighted by molar-refractivity contribution is -0.139. The van der Waals surface area contributed by atoms with E-state index in [0.717, 1.165) is 25.0 Å². The smallest absolute Gasteiger partial charge is 0.410 e. The Kier molecular flexibility index (Phi) is 5.86. The predicted octanol–water partition coefficient (Wildman–Crippen LogP) is 0.617. The number of ether oxygens (including phenoxy) is 4. The van der Waals surface area contributed by atoms with Gasteiger partial charge in [0.25, 0.3) is 0 Å². The van der Waals surface area contributed by atoms with Crippen LogP contribution in [0, 0.1) is 0 Å². The van der Waals surface area contributed by atoms with Crippen molar-refractivity contribution >= 4 is 24.1 Å². The summed E-state index contributed by atoms with van der Waals surface area (Å²) < 4.78 is 19.7. The van der Waals surface area contributed by atoms with Gasteiger partial charge in [0.1, 0.15) is 26.4 Å². The molecule has 0 bridgehead atoms. The lowest BCUT2D eigenvalue weighted by atomic mass is 10.0. The molecule has 0 N–H and O–H groups in total. The topological polar surface area (TPSA) is 111 Å². The molecule has 1 aliphatic carbocycles. The summed E-state index contributed by atoms with van der Waals surface area (Å²) in [6.07, 6.45) is 2.67. The van der Waals surface area contributed by atoms with Crippen LogP contribution in [-0.4, -0.2) is 84.5 Å². The molecule has 3 rings (SSSR count).